The van der Waals surface area contributed by atoms with E-state index in [0.717, 1.165) is 44.2 Å². The van der Waals surface area contributed by atoms with Crippen LogP contribution in [0.5, 0.6) is 0 Å². The molecule has 0 radical (unpaired) electrons. The third kappa shape index (κ3) is 3.66. The minimum absolute atomic E-state index is 0.273. The van der Waals surface area contributed by atoms with Gasteiger partial charge in [-0.15, -0.1) is 0 Å². The van der Waals surface area contributed by atoms with Crippen LogP contribution in [0.2, 0.25) is 0 Å². The first-order valence-corrected chi connectivity index (χ1v) is 6.32. The summed E-state index contributed by atoms with van der Waals surface area (Å²) in [6.45, 7) is 10.7. The van der Waals surface area contributed by atoms with Gasteiger partial charge >= 0.3 is 0 Å². The monoisotopic (exact) mass is 234 g/mol. The van der Waals surface area contributed by atoms with Crippen LogP contribution in [-0.2, 0) is 6.42 Å². The van der Waals surface area contributed by atoms with Gasteiger partial charge in [0, 0.05) is 38.1 Å². The average Bonchev–Trinajstić information content (AvgIpc) is 2.28. The topological polar surface area (TPSA) is 41.1 Å². The van der Waals surface area contributed by atoms with E-state index in [4.69, 9.17) is 0 Å². The Morgan fingerprint density at radius 2 is 2.00 bits per heavy atom. The van der Waals surface area contributed by atoms with Crippen molar-refractivity contribution < 1.29 is 0 Å². The Kier molecular flexibility index (Phi) is 3.62. The lowest BCUT2D eigenvalue weighted by Crippen LogP contribution is -2.44. The number of rotatable bonds is 2. The molecule has 1 aliphatic rings. The van der Waals surface area contributed by atoms with E-state index in [1.807, 2.05) is 12.3 Å². The van der Waals surface area contributed by atoms with Crippen molar-refractivity contribution >= 4 is 5.95 Å². The SMILES string of the molecule is CC(C)(C)Cc1ccnc(N2CCNCC2)n1. The molecule has 0 aliphatic carbocycles. The highest BCUT2D eigenvalue weighted by atomic mass is 15.3. The molecule has 1 aliphatic heterocycles. The highest BCUT2D eigenvalue weighted by Crippen LogP contribution is 2.20. The van der Waals surface area contributed by atoms with E-state index in [2.05, 4.69) is 41.0 Å². The zero-order chi connectivity index (χ0) is 12.3. The fourth-order valence-corrected chi connectivity index (χ4v) is 2.04. The summed E-state index contributed by atoms with van der Waals surface area (Å²) >= 11 is 0. The summed E-state index contributed by atoms with van der Waals surface area (Å²) in [5, 5.41) is 3.34. The van der Waals surface area contributed by atoms with Crippen LogP contribution in [0.1, 0.15) is 26.5 Å². The zero-order valence-electron chi connectivity index (χ0n) is 11.0. The largest absolute Gasteiger partial charge is 0.338 e. The maximum absolute atomic E-state index is 4.67. The summed E-state index contributed by atoms with van der Waals surface area (Å²) in [4.78, 5) is 11.3. The van der Waals surface area contributed by atoms with Crippen LogP contribution in [-0.4, -0.2) is 36.1 Å². The number of hydrogen-bond donors (Lipinski definition) is 1. The number of aromatic nitrogens is 2. The van der Waals surface area contributed by atoms with Gasteiger partial charge in [0.25, 0.3) is 0 Å². The lowest BCUT2D eigenvalue weighted by atomic mass is 9.90. The summed E-state index contributed by atoms with van der Waals surface area (Å²) in [6, 6.07) is 2.02. The lowest BCUT2D eigenvalue weighted by molar-refractivity contribution is 0.406. The molecule has 0 amide bonds. The van der Waals surface area contributed by atoms with Gasteiger partial charge in [-0.05, 0) is 17.9 Å². The summed E-state index contributed by atoms with van der Waals surface area (Å²) in [5.74, 6) is 0.883. The average molecular weight is 234 g/mol. The molecule has 0 saturated carbocycles. The van der Waals surface area contributed by atoms with Crippen LogP contribution in [0.25, 0.3) is 0 Å². The normalized spacial score (nSPS) is 17.2. The molecular formula is C13H22N4. The van der Waals surface area contributed by atoms with Gasteiger partial charge in [0.05, 0.1) is 0 Å². The molecule has 4 heteroatoms. The fraction of sp³-hybridized carbons (Fsp3) is 0.692. The van der Waals surface area contributed by atoms with E-state index < -0.39 is 0 Å². The van der Waals surface area contributed by atoms with E-state index in [9.17, 15) is 0 Å². The fourth-order valence-electron chi connectivity index (χ4n) is 2.04. The molecule has 0 bridgehead atoms. The predicted octanol–water partition coefficient (Wildman–Crippen LogP) is 1.47. The minimum Gasteiger partial charge on any atom is -0.338 e. The molecule has 0 atom stereocenters. The minimum atomic E-state index is 0.273. The number of nitrogens with zero attached hydrogens (tertiary/aromatic N) is 3. The van der Waals surface area contributed by atoms with Gasteiger partial charge in [-0.1, -0.05) is 20.8 Å². The Labute approximate surface area is 103 Å². The molecule has 1 fully saturated rings. The molecule has 4 nitrogen and oxygen atoms in total. The van der Waals surface area contributed by atoms with Crippen LogP contribution in [0.15, 0.2) is 12.3 Å². The first-order chi connectivity index (χ1) is 8.04. The summed E-state index contributed by atoms with van der Waals surface area (Å²) < 4.78 is 0. The summed E-state index contributed by atoms with van der Waals surface area (Å²) in [7, 11) is 0. The zero-order valence-corrected chi connectivity index (χ0v) is 11.0. The second kappa shape index (κ2) is 5.00. The van der Waals surface area contributed by atoms with E-state index in [1.54, 1.807) is 0 Å². The maximum atomic E-state index is 4.67. The summed E-state index contributed by atoms with van der Waals surface area (Å²) in [6.07, 6.45) is 2.88. The Morgan fingerprint density at radius 3 is 2.65 bits per heavy atom. The van der Waals surface area contributed by atoms with Crippen LogP contribution in [0.4, 0.5) is 5.95 Å². The standard InChI is InChI=1S/C13H22N4/c1-13(2,3)10-11-4-5-15-12(16-11)17-8-6-14-7-9-17/h4-5,14H,6-10H2,1-3H3. The molecule has 2 heterocycles. The molecular weight excluding hydrogens is 212 g/mol. The van der Waals surface area contributed by atoms with Gasteiger partial charge in [-0.3, -0.25) is 0 Å². The molecule has 0 spiro atoms. The summed E-state index contributed by atoms with van der Waals surface area (Å²) in [5.41, 5.74) is 1.41. The first-order valence-electron chi connectivity index (χ1n) is 6.32. The molecule has 1 saturated heterocycles. The molecule has 2 rings (SSSR count). The van der Waals surface area contributed by atoms with Crippen LogP contribution >= 0.6 is 0 Å². The Bertz CT molecular complexity index is 364. The predicted molar refractivity (Wildman–Crippen MR) is 70.3 cm³/mol. The second-order valence-corrected chi connectivity index (χ2v) is 5.82. The second-order valence-electron chi connectivity index (χ2n) is 5.82. The van der Waals surface area contributed by atoms with E-state index in [1.165, 1.54) is 0 Å². The Hall–Kier alpha value is -1.16. The smallest absolute Gasteiger partial charge is 0.225 e. The van der Waals surface area contributed by atoms with Crippen molar-refractivity contribution in [1.82, 2.24) is 15.3 Å². The van der Waals surface area contributed by atoms with Crippen molar-refractivity contribution in [2.75, 3.05) is 31.1 Å². The molecule has 94 valence electrons. The maximum Gasteiger partial charge on any atom is 0.225 e. The third-order valence-electron chi connectivity index (χ3n) is 2.81. The van der Waals surface area contributed by atoms with Gasteiger partial charge in [0.2, 0.25) is 5.95 Å². The van der Waals surface area contributed by atoms with E-state index >= 15 is 0 Å². The van der Waals surface area contributed by atoms with Crippen LogP contribution in [0, 0.1) is 5.41 Å². The lowest BCUT2D eigenvalue weighted by Gasteiger charge is -2.27. The molecule has 17 heavy (non-hydrogen) atoms. The van der Waals surface area contributed by atoms with Crippen molar-refractivity contribution in [3.63, 3.8) is 0 Å². The number of hydrogen-bond acceptors (Lipinski definition) is 4. The number of anilines is 1. The van der Waals surface area contributed by atoms with E-state index in [-0.39, 0.29) is 5.41 Å². The molecule has 1 aromatic heterocycles. The van der Waals surface area contributed by atoms with Crippen molar-refractivity contribution in [3.05, 3.63) is 18.0 Å². The molecule has 1 aromatic rings. The number of nitrogens with one attached hydrogen (secondary N) is 1. The molecule has 1 N–H and O–H groups in total. The van der Waals surface area contributed by atoms with Gasteiger partial charge < -0.3 is 10.2 Å². The van der Waals surface area contributed by atoms with Crippen molar-refractivity contribution in [3.8, 4) is 0 Å². The first kappa shape index (κ1) is 12.3. The van der Waals surface area contributed by atoms with Crippen molar-refractivity contribution in [1.29, 1.82) is 0 Å². The van der Waals surface area contributed by atoms with Crippen LogP contribution in [0.3, 0.4) is 0 Å². The van der Waals surface area contributed by atoms with Crippen molar-refractivity contribution in [2.24, 2.45) is 5.41 Å². The molecule has 0 unspecified atom stereocenters. The highest BCUT2D eigenvalue weighted by Gasteiger charge is 2.16. The van der Waals surface area contributed by atoms with Gasteiger partial charge in [0.15, 0.2) is 0 Å². The Balaban J connectivity index is 2.10. The third-order valence-corrected chi connectivity index (χ3v) is 2.81. The molecule has 0 aromatic carbocycles. The van der Waals surface area contributed by atoms with E-state index in [0.29, 0.717) is 0 Å². The quantitative estimate of drug-likeness (QED) is 0.841. The van der Waals surface area contributed by atoms with Gasteiger partial charge in [0.1, 0.15) is 0 Å². The highest BCUT2D eigenvalue weighted by molar-refractivity contribution is 5.31. The van der Waals surface area contributed by atoms with Crippen LogP contribution < -0.4 is 10.2 Å². The number of piperazine rings is 1. The van der Waals surface area contributed by atoms with Gasteiger partial charge in [-0.2, -0.15) is 0 Å². The van der Waals surface area contributed by atoms with Crippen molar-refractivity contribution in [2.45, 2.75) is 27.2 Å². The van der Waals surface area contributed by atoms with Gasteiger partial charge in [-0.25, -0.2) is 9.97 Å². The Morgan fingerprint density at radius 1 is 1.29 bits per heavy atom.